The van der Waals surface area contributed by atoms with Crippen LogP contribution in [0.4, 0.5) is 5.69 Å². The van der Waals surface area contributed by atoms with E-state index in [4.69, 9.17) is 4.74 Å². The molecular formula is C12H15NO6S. The third-order valence-electron chi connectivity index (χ3n) is 3.11. The Bertz CT molecular complexity index is 481. The normalized spacial score (nSPS) is 33.9. The number of aliphatic hydroxyl groups is 3. The van der Waals surface area contributed by atoms with E-state index in [0.717, 1.165) is 11.8 Å². The summed E-state index contributed by atoms with van der Waals surface area (Å²) < 4.78 is 5.43. The second-order valence-corrected chi connectivity index (χ2v) is 5.72. The number of nitrogens with zero attached hydrogens (tertiary/aromatic N) is 1. The minimum Gasteiger partial charge on any atom is -0.388 e. The molecule has 3 N–H and O–H groups in total. The molecule has 20 heavy (non-hydrogen) atoms. The molecule has 0 radical (unpaired) electrons. The van der Waals surface area contributed by atoms with E-state index in [2.05, 4.69) is 0 Å². The van der Waals surface area contributed by atoms with Gasteiger partial charge >= 0.3 is 0 Å². The average Bonchev–Trinajstić information content (AvgIpc) is 2.43. The van der Waals surface area contributed by atoms with Crippen molar-refractivity contribution in [2.45, 2.75) is 41.7 Å². The molecule has 110 valence electrons. The zero-order chi connectivity index (χ0) is 14.9. The van der Waals surface area contributed by atoms with Crippen molar-refractivity contribution in [1.29, 1.82) is 0 Å². The SMILES string of the molecule is CC1OC(Sc2ccc([N+](=O)[O-])cc2)C(O)C(O)C1O. The van der Waals surface area contributed by atoms with E-state index >= 15 is 0 Å². The standard InChI is InChI=1S/C12H15NO6S/c1-6-9(14)10(15)11(16)12(19-6)20-8-4-2-7(3-5-8)13(17)18/h2-6,9-12,14-16H,1H3. The van der Waals surface area contributed by atoms with Gasteiger partial charge in [-0.15, -0.1) is 0 Å². The fourth-order valence-electron chi connectivity index (χ4n) is 1.89. The van der Waals surface area contributed by atoms with E-state index in [1.807, 2.05) is 0 Å². The first-order chi connectivity index (χ1) is 9.40. The molecule has 0 saturated carbocycles. The zero-order valence-electron chi connectivity index (χ0n) is 10.6. The molecule has 0 spiro atoms. The van der Waals surface area contributed by atoms with Crippen LogP contribution in [0.2, 0.25) is 0 Å². The number of hydrogen-bond donors (Lipinski definition) is 3. The Morgan fingerprint density at radius 3 is 2.30 bits per heavy atom. The zero-order valence-corrected chi connectivity index (χ0v) is 11.4. The number of benzene rings is 1. The van der Waals surface area contributed by atoms with E-state index in [0.29, 0.717) is 4.90 Å². The minimum absolute atomic E-state index is 0.0247. The van der Waals surface area contributed by atoms with E-state index < -0.39 is 34.8 Å². The van der Waals surface area contributed by atoms with Crippen molar-refractivity contribution < 1.29 is 25.0 Å². The van der Waals surface area contributed by atoms with Crippen molar-refractivity contribution in [2.24, 2.45) is 0 Å². The quantitative estimate of drug-likeness (QED) is 0.551. The molecule has 0 bridgehead atoms. The number of thioether (sulfide) groups is 1. The summed E-state index contributed by atoms with van der Waals surface area (Å²) in [5.74, 6) is 0. The number of non-ortho nitro benzene ring substituents is 1. The molecule has 1 aromatic rings. The first-order valence-corrected chi connectivity index (χ1v) is 6.89. The molecule has 2 rings (SSSR count). The van der Waals surface area contributed by atoms with Gasteiger partial charge in [-0.3, -0.25) is 10.1 Å². The van der Waals surface area contributed by atoms with Gasteiger partial charge in [0, 0.05) is 17.0 Å². The summed E-state index contributed by atoms with van der Waals surface area (Å²) in [6.07, 6.45) is -4.27. The lowest BCUT2D eigenvalue weighted by Crippen LogP contribution is -2.55. The second-order valence-electron chi connectivity index (χ2n) is 4.55. The van der Waals surface area contributed by atoms with Crippen molar-refractivity contribution in [3.63, 3.8) is 0 Å². The van der Waals surface area contributed by atoms with Crippen LogP contribution in [0.5, 0.6) is 0 Å². The van der Waals surface area contributed by atoms with Gasteiger partial charge in [0.1, 0.15) is 23.7 Å². The first-order valence-electron chi connectivity index (χ1n) is 6.01. The Balaban J connectivity index is 2.07. The second kappa shape index (κ2) is 6.06. The summed E-state index contributed by atoms with van der Waals surface area (Å²) in [5.41, 5.74) is -0.770. The maximum Gasteiger partial charge on any atom is 0.269 e. The number of ether oxygens (including phenoxy) is 1. The lowest BCUT2D eigenvalue weighted by Gasteiger charge is -2.38. The summed E-state index contributed by atoms with van der Waals surface area (Å²) in [7, 11) is 0. The Hall–Kier alpha value is -1.19. The summed E-state index contributed by atoms with van der Waals surface area (Å²) in [5, 5.41) is 39.7. The topological polar surface area (TPSA) is 113 Å². The average molecular weight is 301 g/mol. The molecule has 1 aromatic carbocycles. The van der Waals surface area contributed by atoms with Gasteiger partial charge in [0.2, 0.25) is 0 Å². The van der Waals surface area contributed by atoms with Gasteiger partial charge in [-0.05, 0) is 19.1 Å². The van der Waals surface area contributed by atoms with Crippen molar-refractivity contribution in [3.8, 4) is 0 Å². The van der Waals surface area contributed by atoms with E-state index in [9.17, 15) is 25.4 Å². The van der Waals surface area contributed by atoms with Crippen LogP contribution in [-0.4, -0.2) is 50.1 Å². The highest BCUT2D eigenvalue weighted by Crippen LogP contribution is 2.33. The Labute approximate surface area is 119 Å². The molecule has 1 aliphatic heterocycles. The fourth-order valence-corrected chi connectivity index (χ4v) is 2.98. The molecule has 5 unspecified atom stereocenters. The predicted molar refractivity (Wildman–Crippen MR) is 71.3 cm³/mol. The maximum absolute atomic E-state index is 10.5. The van der Waals surface area contributed by atoms with Crippen LogP contribution in [0.3, 0.4) is 0 Å². The van der Waals surface area contributed by atoms with Gasteiger partial charge in [-0.2, -0.15) is 0 Å². The molecule has 1 aliphatic rings. The number of aliphatic hydroxyl groups excluding tert-OH is 3. The fraction of sp³-hybridized carbons (Fsp3) is 0.500. The molecule has 0 aliphatic carbocycles. The minimum atomic E-state index is -1.28. The van der Waals surface area contributed by atoms with Crippen LogP contribution in [0, 0.1) is 10.1 Å². The molecule has 8 heteroatoms. The molecule has 1 saturated heterocycles. The van der Waals surface area contributed by atoms with E-state index in [1.54, 1.807) is 19.1 Å². The summed E-state index contributed by atoms with van der Waals surface area (Å²) in [6, 6.07) is 5.79. The smallest absolute Gasteiger partial charge is 0.269 e. The van der Waals surface area contributed by atoms with Crippen LogP contribution in [0.25, 0.3) is 0 Å². The largest absolute Gasteiger partial charge is 0.388 e. The Morgan fingerprint density at radius 1 is 1.15 bits per heavy atom. The van der Waals surface area contributed by atoms with E-state index in [1.165, 1.54) is 12.1 Å². The van der Waals surface area contributed by atoms with Gasteiger partial charge in [-0.25, -0.2) is 0 Å². The van der Waals surface area contributed by atoms with Crippen LogP contribution in [0.15, 0.2) is 29.2 Å². The van der Waals surface area contributed by atoms with Gasteiger partial charge in [0.05, 0.1) is 11.0 Å². The summed E-state index contributed by atoms with van der Waals surface area (Å²) in [4.78, 5) is 10.7. The monoisotopic (exact) mass is 301 g/mol. The lowest BCUT2D eigenvalue weighted by molar-refractivity contribution is -0.384. The molecule has 0 amide bonds. The first kappa shape index (κ1) is 15.2. The van der Waals surface area contributed by atoms with Crippen molar-refractivity contribution in [1.82, 2.24) is 0 Å². The highest BCUT2D eigenvalue weighted by atomic mass is 32.2. The van der Waals surface area contributed by atoms with Crippen molar-refractivity contribution >= 4 is 17.4 Å². The van der Waals surface area contributed by atoms with Crippen LogP contribution >= 0.6 is 11.8 Å². The third kappa shape index (κ3) is 3.10. The number of rotatable bonds is 3. The van der Waals surface area contributed by atoms with Crippen molar-refractivity contribution in [3.05, 3.63) is 34.4 Å². The van der Waals surface area contributed by atoms with Gasteiger partial charge < -0.3 is 20.1 Å². The van der Waals surface area contributed by atoms with Gasteiger partial charge in [0.15, 0.2) is 0 Å². The highest BCUT2D eigenvalue weighted by Gasteiger charge is 2.42. The third-order valence-corrected chi connectivity index (χ3v) is 4.27. The van der Waals surface area contributed by atoms with Crippen LogP contribution < -0.4 is 0 Å². The molecule has 0 aromatic heterocycles. The molecule has 7 nitrogen and oxygen atoms in total. The van der Waals surface area contributed by atoms with Crippen LogP contribution in [-0.2, 0) is 4.74 Å². The molecule has 1 fully saturated rings. The summed E-state index contributed by atoms with van der Waals surface area (Å²) >= 11 is 1.14. The molecule has 1 heterocycles. The van der Waals surface area contributed by atoms with Gasteiger partial charge in [-0.1, -0.05) is 11.8 Å². The molecular weight excluding hydrogens is 286 g/mol. The van der Waals surface area contributed by atoms with Crippen LogP contribution in [0.1, 0.15) is 6.92 Å². The number of hydrogen-bond acceptors (Lipinski definition) is 7. The Kier molecular flexibility index (Phi) is 4.61. The Morgan fingerprint density at radius 2 is 1.75 bits per heavy atom. The highest BCUT2D eigenvalue weighted by molar-refractivity contribution is 7.99. The van der Waals surface area contributed by atoms with E-state index in [-0.39, 0.29) is 5.69 Å². The predicted octanol–water partition coefficient (Wildman–Crippen LogP) is 0.514. The molecule has 5 atom stereocenters. The number of nitro benzene ring substituents is 1. The van der Waals surface area contributed by atoms with Crippen molar-refractivity contribution in [2.75, 3.05) is 0 Å². The van der Waals surface area contributed by atoms with Gasteiger partial charge in [0.25, 0.3) is 5.69 Å². The lowest BCUT2D eigenvalue weighted by atomic mass is 10.0. The maximum atomic E-state index is 10.5. The number of nitro groups is 1. The summed E-state index contributed by atoms with van der Waals surface area (Å²) in [6.45, 7) is 1.60.